The SMILES string of the molecule is Cc1cc(C)cc(NC(=O)CO/N=C(\N)c2ncccn2)c1. The number of aromatic nitrogens is 2. The Morgan fingerprint density at radius 1 is 1.23 bits per heavy atom. The molecule has 1 aromatic carbocycles. The van der Waals surface area contributed by atoms with Gasteiger partial charge < -0.3 is 15.9 Å². The minimum atomic E-state index is -0.324. The number of amides is 1. The quantitative estimate of drug-likeness (QED) is 0.493. The third-order valence-corrected chi connectivity index (χ3v) is 2.66. The van der Waals surface area contributed by atoms with Gasteiger partial charge in [-0.05, 0) is 43.2 Å². The van der Waals surface area contributed by atoms with Crippen molar-refractivity contribution in [2.24, 2.45) is 10.9 Å². The number of carbonyl (C=O) groups is 1. The smallest absolute Gasteiger partial charge is 0.265 e. The molecule has 0 aliphatic carbocycles. The van der Waals surface area contributed by atoms with E-state index in [1.54, 1.807) is 6.07 Å². The number of hydrogen-bond acceptors (Lipinski definition) is 5. The second-order valence-electron chi connectivity index (χ2n) is 4.75. The van der Waals surface area contributed by atoms with Crippen LogP contribution in [-0.2, 0) is 9.63 Å². The average molecular weight is 299 g/mol. The summed E-state index contributed by atoms with van der Waals surface area (Å²) in [5, 5.41) is 6.35. The molecule has 0 saturated heterocycles. The number of nitrogens with one attached hydrogen (secondary N) is 1. The van der Waals surface area contributed by atoms with Gasteiger partial charge in [-0.2, -0.15) is 0 Å². The normalized spacial score (nSPS) is 11.1. The Morgan fingerprint density at radius 3 is 2.50 bits per heavy atom. The molecule has 3 N–H and O–H groups in total. The van der Waals surface area contributed by atoms with Crippen LogP contribution in [0.1, 0.15) is 17.0 Å². The zero-order chi connectivity index (χ0) is 15.9. The Hall–Kier alpha value is -2.96. The first kappa shape index (κ1) is 15.4. The van der Waals surface area contributed by atoms with Crippen molar-refractivity contribution < 1.29 is 9.63 Å². The zero-order valence-electron chi connectivity index (χ0n) is 12.4. The first-order valence-corrected chi connectivity index (χ1v) is 6.65. The molecule has 0 saturated carbocycles. The molecule has 0 aliphatic heterocycles. The van der Waals surface area contributed by atoms with Gasteiger partial charge in [0.1, 0.15) is 0 Å². The summed E-state index contributed by atoms with van der Waals surface area (Å²) in [6, 6.07) is 7.44. The van der Waals surface area contributed by atoms with E-state index in [9.17, 15) is 4.79 Å². The number of nitrogens with zero attached hydrogens (tertiary/aromatic N) is 3. The first-order valence-electron chi connectivity index (χ1n) is 6.65. The van der Waals surface area contributed by atoms with Crippen LogP contribution in [0.3, 0.4) is 0 Å². The summed E-state index contributed by atoms with van der Waals surface area (Å²) in [6.45, 7) is 3.68. The number of nitrogens with two attached hydrogens (primary N) is 1. The molecule has 1 aromatic heterocycles. The average Bonchev–Trinajstić information content (AvgIpc) is 2.47. The van der Waals surface area contributed by atoms with E-state index in [0.717, 1.165) is 16.8 Å². The van der Waals surface area contributed by atoms with Crippen LogP contribution in [0.15, 0.2) is 41.8 Å². The van der Waals surface area contributed by atoms with E-state index >= 15 is 0 Å². The minimum Gasteiger partial charge on any atom is -0.384 e. The lowest BCUT2D eigenvalue weighted by molar-refractivity contribution is -0.120. The number of anilines is 1. The third-order valence-electron chi connectivity index (χ3n) is 2.66. The maximum Gasteiger partial charge on any atom is 0.265 e. The molecule has 0 fully saturated rings. The molecule has 2 rings (SSSR count). The maximum absolute atomic E-state index is 11.8. The molecule has 0 spiro atoms. The summed E-state index contributed by atoms with van der Waals surface area (Å²) < 4.78 is 0. The van der Waals surface area contributed by atoms with E-state index in [1.807, 2.05) is 32.0 Å². The van der Waals surface area contributed by atoms with Gasteiger partial charge in [0.2, 0.25) is 5.84 Å². The van der Waals surface area contributed by atoms with Gasteiger partial charge in [-0.15, -0.1) is 0 Å². The van der Waals surface area contributed by atoms with Crippen molar-refractivity contribution >= 4 is 17.4 Å². The third kappa shape index (κ3) is 4.55. The van der Waals surface area contributed by atoms with Gasteiger partial charge in [0, 0.05) is 18.1 Å². The fourth-order valence-corrected chi connectivity index (χ4v) is 1.88. The van der Waals surface area contributed by atoms with Crippen LogP contribution < -0.4 is 11.1 Å². The van der Waals surface area contributed by atoms with Crippen LogP contribution in [0.4, 0.5) is 5.69 Å². The lowest BCUT2D eigenvalue weighted by atomic mass is 10.1. The molecule has 2 aromatic rings. The summed E-state index contributed by atoms with van der Waals surface area (Å²) in [6.07, 6.45) is 3.08. The second kappa shape index (κ2) is 7.16. The molecule has 0 aliphatic rings. The Bertz CT molecular complexity index is 665. The van der Waals surface area contributed by atoms with Crippen molar-refractivity contribution in [3.05, 3.63) is 53.6 Å². The number of rotatable bonds is 5. The van der Waals surface area contributed by atoms with E-state index in [-0.39, 0.29) is 24.2 Å². The van der Waals surface area contributed by atoms with E-state index in [0.29, 0.717) is 0 Å². The second-order valence-corrected chi connectivity index (χ2v) is 4.75. The fraction of sp³-hybridized carbons (Fsp3) is 0.200. The molecular weight excluding hydrogens is 282 g/mol. The Labute approximate surface area is 128 Å². The molecule has 7 heteroatoms. The van der Waals surface area contributed by atoms with Crippen molar-refractivity contribution in [1.82, 2.24) is 9.97 Å². The van der Waals surface area contributed by atoms with Crippen LogP contribution in [0, 0.1) is 13.8 Å². The zero-order valence-corrected chi connectivity index (χ0v) is 12.4. The summed E-state index contributed by atoms with van der Waals surface area (Å²) >= 11 is 0. The van der Waals surface area contributed by atoms with Crippen molar-refractivity contribution in [2.45, 2.75) is 13.8 Å². The van der Waals surface area contributed by atoms with E-state index < -0.39 is 0 Å². The lowest BCUT2D eigenvalue weighted by Gasteiger charge is -2.07. The molecule has 7 nitrogen and oxygen atoms in total. The van der Waals surface area contributed by atoms with Crippen LogP contribution in [-0.4, -0.2) is 28.3 Å². The molecular formula is C15H17N5O2. The monoisotopic (exact) mass is 299 g/mol. The van der Waals surface area contributed by atoms with Crippen LogP contribution >= 0.6 is 0 Å². The van der Waals surface area contributed by atoms with Crippen LogP contribution in [0.5, 0.6) is 0 Å². The van der Waals surface area contributed by atoms with E-state index in [4.69, 9.17) is 10.6 Å². The summed E-state index contributed by atoms with van der Waals surface area (Å²) in [7, 11) is 0. The van der Waals surface area contributed by atoms with E-state index in [2.05, 4.69) is 20.4 Å². The highest BCUT2D eigenvalue weighted by molar-refractivity contribution is 5.94. The van der Waals surface area contributed by atoms with Gasteiger partial charge in [-0.3, -0.25) is 4.79 Å². The van der Waals surface area contributed by atoms with Crippen molar-refractivity contribution in [3.63, 3.8) is 0 Å². The molecule has 1 heterocycles. The fourth-order valence-electron chi connectivity index (χ4n) is 1.88. The van der Waals surface area contributed by atoms with Gasteiger partial charge in [-0.25, -0.2) is 9.97 Å². The predicted molar refractivity (Wildman–Crippen MR) is 83.3 cm³/mol. The maximum atomic E-state index is 11.8. The summed E-state index contributed by atoms with van der Waals surface area (Å²) in [5.74, 6) is -0.0625. The number of oxime groups is 1. The Balaban J connectivity index is 1.88. The van der Waals surface area contributed by atoms with Crippen LogP contribution in [0.25, 0.3) is 0 Å². The number of amidine groups is 1. The molecule has 0 bridgehead atoms. The number of hydrogen-bond donors (Lipinski definition) is 2. The highest BCUT2D eigenvalue weighted by atomic mass is 16.6. The molecule has 22 heavy (non-hydrogen) atoms. The molecule has 0 atom stereocenters. The van der Waals surface area contributed by atoms with E-state index in [1.165, 1.54) is 12.4 Å². The lowest BCUT2D eigenvalue weighted by Crippen LogP contribution is -2.20. The highest BCUT2D eigenvalue weighted by Crippen LogP contribution is 2.13. The number of carbonyl (C=O) groups excluding carboxylic acids is 1. The van der Waals surface area contributed by atoms with Gasteiger partial charge in [0.25, 0.3) is 5.91 Å². The highest BCUT2D eigenvalue weighted by Gasteiger charge is 2.05. The number of benzene rings is 1. The molecule has 114 valence electrons. The first-order chi connectivity index (χ1) is 10.5. The molecule has 1 amide bonds. The van der Waals surface area contributed by atoms with Gasteiger partial charge in [0.15, 0.2) is 12.4 Å². The summed E-state index contributed by atoms with van der Waals surface area (Å²) in [5.41, 5.74) is 8.50. The largest absolute Gasteiger partial charge is 0.384 e. The van der Waals surface area contributed by atoms with Crippen LogP contribution in [0.2, 0.25) is 0 Å². The standard InChI is InChI=1S/C15H17N5O2/c1-10-6-11(2)8-12(7-10)19-13(21)9-22-20-14(16)15-17-4-3-5-18-15/h3-8H,9H2,1-2H3,(H2,16,20)(H,19,21). The topological polar surface area (TPSA) is 102 Å². The van der Waals surface area contributed by atoms with Gasteiger partial charge in [0.05, 0.1) is 0 Å². The van der Waals surface area contributed by atoms with Crippen molar-refractivity contribution in [1.29, 1.82) is 0 Å². The van der Waals surface area contributed by atoms with Crippen molar-refractivity contribution in [2.75, 3.05) is 11.9 Å². The minimum absolute atomic E-state index is 0.0137. The Morgan fingerprint density at radius 2 is 1.86 bits per heavy atom. The molecule has 0 radical (unpaired) electrons. The molecule has 0 unspecified atom stereocenters. The number of aryl methyl sites for hydroxylation is 2. The van der Waals surface area contributed by atoms with Gasteiger partial charge in [-0.1, -0.05) is 11.2 Å². The van der Waals surface area contributed by atoms with Gasteiger partial charge >= 0.3 is 0 Å². The summed E-state index contributed by atoms with van der Waals surface area (Å²) in [4.78, 5) is 24.5. The van der Waals surface area contributed by atoms with Crippen molar-refractivity contribution in [3.8, 4) is 0 Å². The predicted octanol–water partition coefficient (Wildman–Crippen LogP) is 1.37. The Kier molecular flexibility index (Phi) is 5.02.